The van der Waals surface area contributed by atoms with Gasteiger partial charge in [0.25, 0.3) is 0 Å². The van der Waals surface area contributed by atoms with Crippen LogP contribution in [0.5, 0.6) is 0 Å². The number of hydrogen-bond acceptors (Lipinski definition) is 2. The van der Waals surface area contributed by atoms with Gasteiger partial charge in [0.05, 0.1) is 5.69 Å². The topological polar surface area (TPSA) is 30.0 Å². The lowest BCUT2D eigenvalue weighted by Crippen LogP contribution is -1.80. The largest absolute Gasteiger partial charge is 0.298 e. The Labute approximate surface area is 94.3 Å². The van der Waals surface area contributed by atoms with Gasteiger partial charge in [-0.3, -0.25) is 9.78 Å². The predicted molar refractivity (Wildman–Crippen MR) is 65.0 cm³/mol. The van der Waals surface area contributed by atoms with Crippen LogP contribution in [-0.4, -0.2) is 11.3 Å². The molecule has 0 aliphatic rings. The molecule has 0 radical (unpaired) electrons. The van der Waals surface area contributed by atoms with Crippen LogP contribution >= 0.6 is 0 Å². The number of nitrogens with zero attached hydrogens (tertiary/aromatic N) is 1. The zero-order valence-corrected chi connectivity index (χ0v) is 8.71. The Morgan fingerprint density at radius 2 is 1.81 bits per heavy atom. The molecule has 0 spiro atoms. The Morgan fingerprint density at radius 1 is 0.938 bits per heavy atom. The minimum atomic E-state index is 0.683. The van der Waals surface area contributed by atoms with Crippen LogP contribution < -0.4 is 0 Å². The second-order valence-electron chi connectivity index (χ2n) is 3.38. The third-order valence-corrected chi connectivity index (χ3v) is 2.18. The molecular formula is C14H11NO. The summed E-state index contributed by atoms with van der Waals surface area (Å²) in [4.78, 5) is 14.8. The molecule has 0 N–H and O–H groups in total. The molecule has 0 fully saturated rings. The molecule has 2 nitrogen and oxygen atoms in total. The zero-order chi connectivity index (χ0) is 11.2. The highest BCUT2D eigenvalue weighted by molar-refractivity contribution is 5.77. The van der Waals surface area contributed by atoms with Gasteiger partial charge in [-0.15, -0.1) is 0 Å². The minimum Gasteiger partial charge on any atom is -0.298 e. The fraction of sp³-hybridized carbons (Fsp3) is 0. The molecule has 0 bridgehead atoms. The number of carbonyl (C=O) groups excluding carboxylic acids is 1. The lowest BCUT2D eigenvalue weighted by molar-refractivity contribution is 0.112. The summed E-state index contributed by atoms with van der Waals surface area (Å²) in [6, 6.07) is 13.2. The average Bonchev–Trinajstić information content (AvgIpc) is 2.38. The first-order chi connectivity index (χ1) is 7.88. The quantitative estimate of drug-likeness (QED) is 0.727. The minimum absolute atomic E-state index is 0.683. The van der Waals surface area contributed by atoms with E-state index in [0.717, 1.165) is 17.5 Å². The Hall–Kier alpha value is -2.22. The van der Waals surface area contributed by atoms with Crippen molar-refractivity contribution in [1.82, 2.24) is 4.98 Å². The number of aromatic nitrogens is 1. The van der Waals surface area contributed by atoms with E-state index in [1.165, 1.54) is 0 Å². The first kappa shape index (κ1) is 10.3. The van der Waals surface area contributed by atoms with Crippen LogP contribution in [0.25, 0.3) is 12.2 Å². The van der Waals surface area contributed by atoms with Gasteiger partial charge >= 0.3 is 0 Å². The van der Waals surface area contributed by atoms with Crippen molar-refractivity contribution in [1.29, 1.82) is 0 Å². The van der Waals surface area contributed by atoms with E-state index in [2.05, 4.69) is 4.98 Å². The van der Waals surface area contributed by atoms with Crippen molar-refractivity contribution in [2.45, 2.75) is 0 Å². The fourth-order valence-corrected chi connectivity index (χ4v) is 1.39. The van der Waals surface area contributed by atoms with E-state index >= 15 is 0 Å². The maximum absolute atomic E-state index is 10.6. The molecule has 1 aromatic carbocycles. The summed E-state index contributed by atoms with van der Waals surface area (Å²) in [5.74, 6) is 0. The van der Waals surface area contributed by atoms with Crippen LogP contribution in [0.3, 0.4) is 0 Å². The number of pyridine rings is 1. The molecule has 0 atom stereocenters. The number of hydrogen-bond donors (Lipinski definition) is 0. The molecule has 78 valence electrons. The number of rotatable bonds is 3. The third kappa shape index (κ3) is 2.64. The van der Waals surface area contributed by atoms with Gasteiger partial charge in [-0.2, -0.15) is 0 Å². The van der Waals surface area contributed by atoms with Crippen molar-refractivity contribution >= 4 is 18.4 Å². The molecule has 0 saturated carbocycles. The second kappa shape index (κ2) is 5.03. The summed E-state index contributed by atoms with van der Waals surface area (Å²) in [5.41, 5.74) is 2.58. The van der Waals surface area contributed by atoms with E-state index in [4.69, 9.17) is 0 Å². The fourth-order valence-electron chi connectivity index (χ4n) is 1.39. The highest BCUT2D eigenvalue weighted by atomic mass is 16.1. The van der Waals surface area contributed by atoms with Crippen molar-refractivity contribution in [3.63, 3.8) is 0 Å². The van der Waals surface area contributed by atoms with E-state index in [1.807, 2.05) is 48.6 Å². The SMILES string of the molecule is O=Cc1cccc(/C=C/c2ccccn2)c1. The second-order valence-corrected chi connectivity index (χ2v) is 3.38. The van der Waals surface area contributed by atoms with Gasteiger partial charge in [0, 0.05) is 11.8 Å². The Balaban J connectivity index is 2.20. The molecule has 2 rings (SSSR count). The van der Waals surface area contributed by atoms with Crippen molar-refractivity contribution < 1.29 is 4.79 Å². The molecule has 0 aliphatic heterocycles. The number of benzene rings is 1. The molecule has 0 aliphatic carbocycles. The molecule has 2 aromatic rings. The lowest BCUT2D eigenvalue weighted by Gasteiger charge is -1.95. The van der Waals surface area contributed by atoms with Crippen LogP contribution in [-0.2, 0) is 0 Å². The van der Waals surface area contributed by atoms with Gasteiger partial charge in [0.2, 0.25) is 0 Å². The average molecular weight is 209 g/mol. The lowest BCUT2D eigenvalue weighted by atomic mass is 10.1. The highest BCUT2D eigenvalue weighted by Gasteiger charge is 1.91. The van der Waals surface area contributed by atoms with E-state index < -0.39 is 0 Å². The summed E-state index contributed by atoms with van der Waals surface area (Å²) in [6.07, 6.45) is 6.46. The molecule has 16 heavy (non-hydrogen) atoms. The number of carbonyl (C=O) groups is 1. The maximum Gasteiger partial charge on any atom is 0.150 e. The molecular weight excluding hydrogens is 198 g/mol. The first-order valence-electron chi connectivity index (χ1n) is 5.03. The van der Waals surface area contributed by atoms with Crippen molar-refractivity contribution in [2.75, 3.05) is 0 Å². The van der Waals surface area contributed by atoms with Gasteiger partial charge < -0.3 is 0 Å². The molecule has 0 unspecified atom stereocenters. The Bertz CT molecular complexity index is 503. The normalized spacial score (nSPS) is 10.5. The zero-order valence-electron chi connectivity index (χ0n) is 8.71. The van der Waals surface area contributed by atoms with Crippen LogP contribution in [0.2, 0.25) is 0 Å². The molecule has 1 heterocycles. The monoisotopic (exact) mass is 209 g/mol. The smallest absolute Gasteiger partial charge is 0.150 e. The van der Waals surface area contributed by atoms with Gasteiger partial charge in [0.15, 0.2) is 0 Å². The van der Waals surface area contributed by atoms with E-state index in [0.29, 0.717) is 5.56 Å². The molecule has 0 saturated heterocycles. The van der Waals surface area contributed by atoms with E-state index in [-0.39, 0.29) is 0 Å². The molecule has 2 heteroatoms. The summed E-state index contributed by atoms with van der Waals surface area (Å²) in [7, 11) is 0. The summed E-state index contributed by atoms with van der Waals surface area (Å²) < 4.78 is 0. The van der Waals surface area contributed by atoms with Crippen LogP contribution in [0.1, 0.15) is 21.6 Å². The molecule has 0 amide bonds. The molecule has 1 aromatic heterocycles. The van der Waals surface area contributed by atoms with Gasteiger partial charge in [-0.05, 0) is 29.8 Å². The van der Waals surface area contributed by atoms with Crippen LogP contribution in [0, 0.1) is 0 Å². The van der Waals surface area contributed by atoms with Crippen LogP contribution in [0.4, 0.5) is 0 Å². The Kier molecular flexibility index (Phi) is 3.24. The third-order valence-electron chi connectivity index (χ3n) is 2.18. The van der Waals surface area contributed by atoms with Gasteiger partial charge in [0.1, 0.15) is 6.29 Å². The van der Waals surface area contributed by atoms with Gasteiger partial charge in [-0.1, -0.05) is 30.3 Å². The maximum atomic E-state index is 10.6. The Morgan fingerprint density at radius 3 is 2.56 bits per heavy atom. The number of aldehydes is 1. The van der Waals surface area contributed by atoms with E-state index in [9.17, 15) is 4.79 Å². The van der Waals surface area contributed by atoms with Gasteiger partial charge in [-0.25, -0.2) is 0 Å². The summed E-state index contributed by atoms with van der Waals surface area (Å²) in [5, 5.41) is 0. The predicted octanol–water partition coefficient (Wildman–Crippen LogP) is 3.06. The highest BCUT2D eigenvalue weighted by Crippen LogP contribution is 2.07. The first-order valence-corrected chi connectivity index (χ1v) is 5.03. The van der Waals surface area contributed by atoms with Crippen molar-refractivity contribution in [3.05, 3.63) is 65.5 Å². The summed E-state index contributed by atoms with van der Waals surface area (Å²) in [6.45, 7) is 0. The van der Waals surface area contributed by atoms with Crippen molar-refractivity contribution in [2.24, 2.45) is 0 Å². The van der Waals surface area contributed by atoms with E-state index in [1.54, 1.807) is 12.3 Å². The van der Waals surface area contributed by atoms with Crippen molar-refractivity contribution in [3.8, 4) is 0 Å². The summed E-state index contributed by atoms with van der Waals surface area (Å²) >= 11 is 0. The standard InChI is InChI=1S/C14H11NO/c16-11-13-5-3-4-12(10-13)7-8-14-6-1-2-9-15-14/h1-11H/b8-7+. The van der Waals surface area contributed by atoms with Crippen LogP contribution in [0.15, 0.2) is 48.7 Å².